The van der Waals surface area contributed by atoms with Gasteiger partial charge in [-0.1, -0.05) is 36.4 Å². The molecule has 0 saturated carbocycles. The standard InChI is InChI=1S/C18H22FNO/c1-14(20)17-11-10-16(13-18(17)19)21-12-6-5-9-15-7-3-2-4-8-15/h2-4,7-8,10-11,13-14H,5-6,9,12,20H2,1H3/t14-/m0/s1. The number of aryl methyl sites for hydroxylation is 1. The van der Waals surface area contributed by atoms with E-state index in [1.807, 2.05) is 6.07 Å². The molecule has 0 unspecified atom stereocenters. The molecule has 0 spiro atoms. The second-order valence-electron chi connectivity index (χ2n) is 5.26. The Morgan fingerprint density at radius 1 is 1.10 bits per heavy atom. The fourth-order valence-corrected chi connectivity index (χ4v) is 2.23. The Bertz CT molecular complexity index is 554. The van der Waals surface area contributed by atoms with Crippen LogP contribution in [0.15, 0.2) is 48.5 Å². The van der Waals surface area contributed by atoms with Crippen LogP contribution in [-0.4, -0.2) is 6.61 Å². The average Bonchev–Trinajstić information content (AvgIpc) is 2.47. The second kappa shape index (κ2) is 7.79. The van der Waals surface area contributed by atoms with Gasteiger partial charge in [-0.25, -0.2) is 4.39 Å². The van der Waals surface area contributed by atoms with Gasteiger partial charge < -0.3 is 10.5 Å². The van der Waals surface area contributed by atoms with Crippen molar-refractivity contribution in [2.45, 2.75) is 32.2 Å². The quantitative estimate of drug-likeness (QED) is 0.773. The lowest BCUT2D eigenvalue weighted by molar-refractivity contribution is 0.305. The Kier molecular flexibility index (Phi) is 5.76. The van der Waals surface area contributed by atoms with Crippen LogP contribution in [0.3, 0.4) is 0 Å². The monoisotopic (exact) mass is 287 g/mol. The number of unbranched alkanes of at least 4 members (excludes halogenated alkanes) is 1. The van der Waals surface area contributed by atoms with Gasteiger partial charge >= 0.3 is 0 Å². The van der Waals surface area contributed by atoms with Crippen molar-refractivity contribution in [1.82, 2.24) is 0 Å². The molecule has 0 aromatic heterocycles. The van der Waals surface area contributed by atoms with Gasteiger partial charge in [-0.05, 0) is 37.8 Å². The van der Waals surface area contributed by atoms with E-state index in [-0.39, 0.29) is 11.9 Å². The summed E-state index contributed by atoms with van der Waals surface area (Å²) in [5.74, 6) is 0.267. The minimum absolute atomic E-state index is 0.299. The molecule has 0 bridgehead atoms. The lowest BCUT2D eigenvalue weighted by Crippen LogP contribution is -2.07. The van der Waals surface area contributed by atoms with E-state index in [1.54, 1.807) is 19.1 Å². The van der Waals surface area contributed by atoms with Gasteiger partial charge in [0.15, 0.2) is 0 Å². The molecule has 2 aromatic carbocycles. The number of nitrogens with two attached hydrogens (primary N) is 1. The van der Waals surface area contributed by atoms with E-state index < -0.39 is 0 Å². The normalized spacial score (nSPS) is 12.1. The Labute approximate surface area is 125 Å². The summed E-state index contributed by atoms with van der Waals surface area (Å²) in [7, 11) is 0. The first-order valence-electron chi connectivity index (χ1n) is 7.38. The zero-order valence-electron chi connectivity index (χ0n) is 12.4. The molecule has 0 radical (unpaired) electrons. The highest BCUT2D eigenvalue weighted by Crippen LogP contribution is 2.20. The Balaban J connectivity index is 1.72. The maximum Gasteiger partial charge on any atom is 0.131 e. The highest BCUT2D eigenvalue weighted by atomic mass is 19.1. The molecule has 2 aromatic rings. The predicted octanol–water partition coefficient (Wildman–Crippen LogP) is 4.25. The summed E-state index contributed by atoms with van der Waals surface area (Å²) < 4.78 is 19.3. The molecule has 2 N–H and O–H groups in total. The molecule has 21 heavy (non-hydrogen) atoms. The van der Waals surface area contributed by atoms with Crippen molar-refractivity contribution in [3.8, 4) is 5.75 Å². The van der Waals surface area contributed by atoms with Gasteiger partial charge in [-0.15, -0.1) is 0 Å². The zero-order chi connectivity index (χ0) is 15.1. The molecule has 0 aliphatic carbocycles. The zero-order valence-corrected chi connectivity index (χ0v) is 12.4. The van der Waals surface area contributed by atoms with E-state index in [0.717, 1.165) is 19.3 Å². The molecule has 0 aliphatic heterocycles. The molecule has 0 heterocycles. The molecule has 3 heteroatoms. The molecule has 0 saturated heterocycles. The van der Waals surface area contributed by atoms with Crippen molar-refractivity contribution in [3.05, 3.63) is 65.5 Å². The SMILES string of the molecule is C[C@H](N)c1ccc(OCCCCc2ccccc2)cc1F. The predicted molar refractivity (Wildman–Crippen MR) is 83.9 cm³/mol. The smallest absolute Gasteiger partial charge is 0.131 e. The van der Waals surface area contributed by atoms with Crippen LogP contribution in [0.5, 0.6) is 5.75 Å². The van der Waals surface area contributed by atoms with Gasteiger partial charge in [-0.2, -0.15) is 0 Å². The molecular weight excluding hydrogens is 265 g/mol. The largest absolute Gasteiger partial charge is 0.493 e. The maximum absolute atomic E-state index is 13.7. The number of rotatable bonds is 7. The summed E-state index contributed by atoms with van der Waals surface area (Å²) >= 11 is 0. The van der Waals surface area contributed by atoms with Crippen LogP contribution in [0.2, 0.25) is 0 Å². The summed E-state index contributed by atoms with van der Waals surface area (Å²) in [6, 6.07) is 15.0. The first-order chi connectivity index (χ1) is 10.2. The fourth-order valence-electron chi connectivity index (χ4n) is 2.23. The number of hydrogen-bond donors (Lipinski definition) is 1. The van der Waals surface area contributed by atoms with Crippen LogP contribution in [0.25, 0.3) is 0 Å². The first-order valence-corrected chi connectivity index (χ1v) is 7.38. The van der Waals surface area contributed by atoms with Gasteiger partial charge in [0.1, 0.15) is 11.6 Å². The average molecular weight is 287 g/mol. The summed E-state index contributed by atoms with van der Waals surface area (Å²) in [6.45, 7) is 2.37. The molecule has 0 aliphatic rings. The van der Waals surface area contributed by atoms with Crippen LogP contribution >= 0.6 is 0 Å². The van der Waals surface area contributed by atoms with Crippen LogP contribution < -0.4 is 10.5 Å². The van der Waals surface area contributed by atoms with Crippen LogP contribution in [-0.2, 0) is 6.42 Å². The van der Waals surface area contributed by atoms with Gasteiger partial charge in [-0.3, -0.25) is 0 Å². The van der Waals surface area contributed by atoms with E-state index >= 15 is 0 Å². The topological polar surface area (TPSA) is 35.2 Å². The molecule has 112 valence electrons. The minimum Gasteiger partial charge on any atom is -0.493 e. The number of hydrogen-bond acceptors (Lipinski definition) is 2. The summed E-state index contributed by atoms with van der Waals surface area (Å²) in [6.07, 6.45) is 3.05. The number of benzene rings is 2. The molecule has 0 fully saturated rings. The maximum atomic E-state index is 13.7. The van der Waals surface area contributed by atoms with Gasteiger partial charge in [0.2, 0.25) is 0 Å². The van der Waals surface area contributed by atoms with E-state index in [0.29, 0.717) is 17.9 Å². The Morgan fingerprint density at radius 3 is 2.52 bits per heavy atom. The van der Waals surface area contributed by atoms with Gasteiger partial charge in [0.05, 0.1) is 6.61 Å². The lowest BCUT2D eigenvalue weighted by Gasteiger charge is -2.10. The van der Waals surface area contributed by atoms with Crippen molar-refractivity contribution >= 4 is 0 Å². The second-order valence-corrected chi connectivity index (χ2v) is 5.26. The molecular formula is C18H22FNO. The van der Waals surface area contributed by atoms with E-state index in [2.05, 4.69) is 24.3 Å². The van der Waals surface area contributed by atoms with E-state index in [9.17, 15) is 4.39 Å². The highest BCUT2D eigenvalue weighted by Gasteiger charge is 2.07. The third-order valence-electron chi connectivity index (χ3n) is 3.43. The Hall–Kier alpha value is -1.87. The molecule has 0 amide bonds. The summed E-state index contributed by atoms with van der Waals surface area (Å²) in [5, 5.41) is 0. The van der Waals surface area contributed by atoms with Gasteiger partial charge in [0.25, 0.3) is 0 Å². The third kappa shape index (κ3) is 4.87. The first kappa shape index (κ1) is 15.5. The van der Waals surface area contributed by atoms with Crippen molar-refractivity contribution in [3.63, 3.8) is 0 Å². The fraction of sp³-hybridized carbons (Fsp3) is 0.333. The van der Waals surface area contributed by atoms with E-state index in [1.165, 1.54) is 11.6 Å². The lowest BCUT2D eigenvalue weighted by atomic mass is 10.1. The molecule has 1 atom stereocenters. The number of ether oxygens (including phenoxy) is 1. The Morgan fingerprint density at radius 2 is 1.86 bits per heavy atom. The van der Waals surface area contributed by atoms with Crippen LogP contribution in [0.1, 0.15) is 36.9 Å². The minimum atomic E-state index is -0.301. The van der Waals surface area contributed by atoms with Crippen molar-refractivity contribution in [1.29, 1.82) is 0 Å². The highest BCUT2D eigenvalue weighted by molar-refractivity contribution is 5.30. The third-order valence-corrected chi connectivity index (χ3v) is 3.43. The van der Waals surface area contributed by atoms with Crippen LogP contribution in [0.4, 0.5) is 4.39 Å². The summed E-state index contributed by atoms with van der Waals surface area (Å²) in [5.41, 5.74) is 7.54. The summed E-state index contributed by atoms with van der Waals surface area (Å²) in [4.78, 5) is 0. The van der Waals surface area contributed by atoms with E-state index in [4.69, 9.17) is 10.5 Å². The van der Waals surface area contributed by atoms with Crippen molar-refractivity contribution < 1.29 is 9.13 Å². The number of halogens is 1. The van der Waals surface area contributed by atoms with Crippen molar-refractivity contribution in [2.24, 2.45) is 5.73 Å². The molecule has 2 rings (SSSR count). The molecule has 2 nitrogen and oxygen atoms in total. The van der Waals surface area contributed by atoms with Gasteiger partial charge in [0, 0.05) is 17.7 Å². The van der Waals surface area contributed by atoms with Crippen molar-refractivity contribution in [2.75, 3.05) is 6.61 Å². The van der Waals surface area contributed by atoms with Crippen LogP contribution in [0, 0.1) is 5.82 Å².